The minimum Gasteiger partial charge on any atom is -0.389 e. The highest BCUT2D eigenvalue weighted by atomic mass is 16.6. The second-order valence-corrected chi connectivity index (χ2v) is 3.15. The number of hydrogen-bond donors (Lipinski definition) is 0. The van der Waals surface area contributed by atoms with Crippen LogP contribution in [0.5, 0.6) is 0 Å². The van der Waals surface area contributed by atoms with Crippen LogP contribution in [-0.4, -0.2) is 17.7 Å². The summed E-state index contributed by atoms with van der Waals surface area (Å²) in [6.45, 7) is 7.58. The Morgan fingerprint density at radius 1 is 1.43 bits per heavy atom. The summed E-state index contributed by atoms with van der Waals surface area (Å²) in [5, 5.41) is 0. The van der Waals surface area contributed by atoms with E-state index >= 15 is 0 Å². The molecule has 1 unspecified atom stereocenters. The molecule has 0 bridgehead atoms. The second-order valence-electron chi connectivity index (χ2n) is 3.15. The fourth-order valence-electron chi connectivity index (χ4n) is 0.783. The first-order valence-electron chi connectivity index (χ1n) is 4.28. The van der Waals surface area contributed by atoms with Gasteiger partial charge in [-0.3, -0.25) is 9.59 Å². The second kappa shape index (κ2) is 4.69. The number of Topliss-reactive ketones (excluding diaryl/α,β-unsaturated/α-hetero) is 1. The van der Waals surface area contributed by atoms with Gasteiger partial charge in [0.25, 0.3) is 0 Å². The van der Waals surface area contributed by atoms with Crippen molar-refractivity contribution in [3.05, 3.63) is 12.7 Å². The highest BCUT2D eigenvalue weighted by Gasteiger charge is 2.38. The molecular weight excluding hydrogens is 184 g/mol. The molecular formula is C10H14O4. The predicted octanol–water partition coefficient (Wildman–Crippen LogP) is 1.25. The maximum absolute atomic E-state index is 11.4. The van der Waals surface area contributed by atoms with Crippen LogP contribution in [-0.2, 0) is 19.1 Å². The van der Waals surface area contributed by atoms with E-state index in [9.17, 15) is 14.4 Å². The SMILES string of the molecule is C=CC(=O)OC(=O)C(C)(CC)C(C)=O. The number of rotatable bonds is 4. The molecule has 0 fully saturated rings. The smallest absolute Gasteiger partial charge is 0.337 e. The van der Waals surface area contributed by atoms with E-state index in [1.54, 1.807) is 6.92 Å². The lowest BCUT2D eigenvalue weighted by Gasteiger charge is -2.21. The summed E-state index contributed by atoms with van der Waals surface area (Å²) < 4.78 is 4.40. The first-order valence-corrected chi connectivity index (χ1v) is 4.28. The first-order chi connectivity index (χ1) is 6.38. The van der Waals surface area contributed by atoms with Crippen molar-refractivity contribution < 1.29 is 19.1 Å². The number of ketones is 1. The van der Waals surface area contributed by atoms with Crippen molar-refractivity contribution in [2.24, 2.45) is 5.41 Å². The van der Waals surface area contributed by atoms with Crippen molar-refractivity contribution >= 4 is 17.7 Å². The quantitative estimate of drug-likeness (QED) is 0.387. The molecule has 0 rings (SSSR count). The van der Waals surface area contributed by atoms with Gasteiger partial charge in [-0.15, -0.1) is 0 Å². The Morgan fingerprint density at radius 2 is 1.93 bits per heavy atom. The highest BCUT2D eigenvalue weighted by Crippen LogP contribution is 2.24. The van der Waals surface area contributed by atoms with Gasteiger partial charge < -0.3 is 4.74 Å². The molecule has 78 valence electrons. The van der Waals surface area contributed by atoms with E-state index < -0.39 is 17.4 Å². The summed E-state index contributed by atoms with van der Waals surface area (Å²) in [6.07, 6.45) is 1.18. The van der Waals surface area contributed by atoms with Gasteiger partial charge in [0.05, 0.1) is 0 Å². The molecule has 0 radical (unpaired) electrons. The van der Waals surface area contributed by atoms with Gasteiger partial charge in [0.15, 0.2) is 0 Å². The van der Waals surface area contributed by atoms with E-state index in [-0.39, 0.29) is 5.78 Å². The summed E-state index contributed by atoms with van der Waals surface area (Å²) in [5.41, 5.74) is -1.24. The molecule has 14 heavy (non-hydrogen) atoms. The lowest BCUT2D eigenvalue weighted by atomic mass is 9.84. The molecule has 0 N–H and O–H groups in total. The molecule has 0 amide bonds. The van der Waals surface area contributed by atoms with Crippen molar-refractivity contribution in [3.8, 4) is 0 Å². The number of hydrogen-bond acceptors (Lipinski definition) is 4. The number of carbonyl (C=O) groups excluding carboxylic acids is 3. The monoisotopic (exact) mass is 198 g/mol. The average Bonchev–Trinajstić information content (AvgIpc) is 2.15. The van der Waals surface area contributed by atoms with Crippen LogP contribution in [0.25, 0.3) is 0 Å². The summed E-state index contributed by atoms with van der Waals surface area (Å²) >= 11 is 0. The molecule has 0 saturated heterocycles. The molecule has 0 aromatic heterocycles. The van der Waals surface area contributed by atoms with Crippen LogP contribution in [0, 0.1) is 5.41 Å². The van der Waals surface area contributed by atoms with Crippen LogP contribution in [0.1, 0.15) is 27.2 Å². The molecule has 4 heteroatoms. The third kappa shape index (κ3) is 2.52. The molecule has 0 spiro atoms. The minimum absolute atomic E-state index is 0.297. The summed E-state index contributed by atoms with van der Waals surface area (Å²) in [5.74, 6) is -1.98. The van der Waals surface area contributed by atoms with Crippen molar-refractivity contribution in [1.29, 1.82) is 0 Å². The highest BCUT2D eigenvalue weighted by molar-refractivity contribution is 6.06. The van der Waals surface area contributed by atoms with Gasteiger partial charge >= 0.3 is 11.9 Å². The van der Waals surface area contributed by atoms with Crippen molar-refractivity contribution in [2.45, 2.75) is 27.2 Å². The molecule has 4 nitrogen and oxygen atoms in total. The van der Waals surface area contributed by atoms with Crippen LogP contribution in [0.2, 0.25) is 0 Å². The van der Waals surface area contributed by atoms with E-state index in [1.807, 2.05) is 0 Å². The summed E-state index contributed by atoms with van der Waals surface area (Å²) in [6, 6.07) is 0. The van der Waals surface area contributed by atoms with Crippen LogP contribution >= 0.6 is 0 Å². The van der Waals surface area contributed by atoms with Crippen LogP contribution in [0.15, 0.2) is 12.7 Å². The third-order valence-electron chi connectivity index (χ3n) is 2.29. The van der Waals surface area contributed by atoms with E-state index in [1.165, 1.54) is 13.8 Å². The average molecular weight is 198 g/mol. The van der Waals surface area contributed by atoms with Crippen LogP contribution in [0.3, 0.4) is 0 Å². The molecule has 0 heterocycles. The molecule has 0 aliphatic carbocycles. The Labute approximate surface area is 82.9 Å². The zero-order valence-electron chi connectivity index (χ0n) is 8.62. The van der Waals surface area contributed by atoms with Gasteiger partial charge in [-0.25, -0.2) is 4.79 Å². The van der Waals surface area contributed by atoms with Gasteiger partial charge in [0, 0.05) is 6.08 Å². The molecule has 0 aliphatic heterocycles. The standard InChI is InChI=1S/C10H14O4/c1-5-8(12)14-9(13)10(4,6-2)7(3)11/h5H,1,6H2,2-4H3. The van der Waals surface area contributed by atoms with Crippen LogP contribution < -0.4 is 0 Å². The number of carbonyl (C=O) groups is 3. The zero-order chi connectivity index (χ0) is 11.4. The molecule has 0 saturated carbocycles. The van der Waals surface area contributed by atoms with E-state index in [0.717, 1.165) is 6.08 Å². The van der Waals surface area contributed by atoms with Gasteiger partial charge in [0.1, 0.15) is 11.2 Å². The fourth-order valence-corrected chi connectivity index (χ4v) is 0.783. The van der Waals surface area contributed by atoms with Gasteiger partial charge in [0.2, 0.25) is 0 Å². The Kier molecular flexibility index (Phi) is 4.21. The van der Waals surface area contributed by atoms with Crippen molar-refractivity contribution in [1.82, 2.24) is 0 Å². The molecule has 0 aromatic carbocycles. The Hall–Kier alpha value is -1.45. The minimum atomic E-state index is -1.24. The van der Waals surface area contributed by atoms with Gasteiger partial charge in [-0.1, -0.05) is 13.5 Å². The van der Waals surface area contributed by atoms with E-state index in [0.29, 0.717) is 6.42 Å². The predicted molar refractivity (Wildman–Crippen MR) is 50.4 cm³/mol. The number of esters is 2. The lowest BCUT2D eigenvalue weighted by Crippen LogP contribution is -2.36. The van der Waals surface area contributed by atoms with Crippen molar-refractivity contribution in [3.63, 3.8) is 0 Å². The Morgan fingerprint density at radius 3 is 2.21 bits per heavy atom. The lowest BCUT2D eigenvalue weighted by molar-refractivity contribution is -0.165. The first kappa shape index (κ1) is 12.6. The van der Waals surface area contributed by atoms with Crippen molar-refractivity contribution in [2.75, 3.05) is 0 Å². The normalized spacial score (nSPS) is 13.9. The Bertz CT molecular complexity index is 280. The van der Waals surface area contributed by atoms with E-state index in [2.05, 4.69) is 11.3 Å². The molecule has 1 atom stereocenters. The van der Waals surface area contributed by atoms with Gasteiger partial charge in [-0.05, 0) is 20.3 Å². The molecule has 0 aliphatic rings. The Balaban J connectivity index is 4.71. The summed E-state index contributed by atoms with van der Waals surface area (Å²) in [4.78, 5) is 33.3. The number of ether oxygens (including phenoxy) is 1. The molecule has 0 aromatic rings. The maximum atomic E-state index is 11.4. The van der Waals surface area contributed by atoms with Crippen LogP contribution in [0.4, 0.5) is 0 Å². The summed E-state index contributed by atoms with van der Waals surface area (Å²) in [7, 11) is 0. The third-order valence-corrected chi connectivity index (χ3v) is 2.29. The fraction of sp³-hybridized carbons (Fsp3) is 0.500. The maximum Gasteiger partial charge on any atom is 0.337 e. The topological polar surface area (TPSA) is 60.4 Å². The zero-order valence-corrected chi connectivity index (χ0v) is 8.62. The van der Waals surface area contributed by atoms with E-state index in [4.69, 9.17) is 0 Å². The van der Waals surface area contributed by atoms with Gasteiger partial charge in [-0.2, -0.15) is 0 Å². The largest absolute Gasteiger partial charge is 0.389 e.